The highest BCUT2D eigenvalue weighted by molar-refractivity contribution is 5.94. The van der Waals surface area contributed by atoms with Crippen LogP contribution >= 0.6 is 0 Å². The van der Waals surface area contributed by atoms with Crippen LogP contribution in [0.4, 0.5) is 19.0 Å². The van der Waals surface area contributed by atoms with E-state index in [1.165, 1.54) is 4.90 Å². The van der Waals surface area contributed by atoms with Crippen LogP contribution in [0, 0.1) is 5.41 Å². The summed E-state index contributed by atoms with van der Waals surface area (Å²) in [4.78, 5) is 29.1. The SMILES string of the molecule is C[C@@H]1COCCN1c1nc(-c2c[nH]c3ccccc23)nc2c1CN(C(=O)C(C)(C)C(F)(F)F)C2. The Morgan fingerprint density at radius 2 is 1.94 bits per heavy atom. The number of aromatic amines is 1. The molecule has 0 unspecified atom stereocenters. The van der Waals surface area contributed by atoms with E-state index >= 15 is 0 Å². The van der Waals surface area contributed by atoms with Gasteiger partial charge in [-0.15, -0.1) is 0 Å². The molecule has 0 bridgehead atoms. The van der Waals surface area contributed by atoms with Gasteiger partial charge in [0, 0.05) is 34.8 Å². The second kappa shape index (κ2) is 7.97. The average molecular weight is 473 g/mol. The number of hydrogen-bond donors (Lipinski definition) is 1. The first kappa shape index (κ1) is 22.6. The van der Waals surface area contributed by atoms with Gasteiger partial charge in [0.25, 0.3) is 0 Å². The van der Waals surface area contributed by atoms with Crippen LogP contribution in [0.25, 0.3) is 22.3 Å². The third-order valence-electron chi connectivity index (χ3n) is 6.76. The van der Waals surface area contributed by atoms with Crippen LogP contribution in [0.2, 0.25) is 0 Å². The Morgan fingerprint density at radius 1 is 1.18 bits per heavy atom. The van der Waals surface area contributed by atoms with Crippen molar-refractivity contribution in [1.82, 2.24) is 19.9 Å². The number of rotatable bonds is 3. The summed E-state index contributed by atoms with van der Waals surface area (Å²) in [5.41, 5.74) is 0.528. The van der Waals surface area contributed by atoms with Gasteiger partial charge in [0.2, 0.25) is 5.91 Å². The van der Waals surface area contributed by atoms with Gasteiger partial charge in [0.15, 0.2) is 5.82 Å². The highest BCUT2D eigenvalue weighted by atomic mass is 19.4. The topological polar surface area (TPSA) is 74.3 Å². The summed E-state index contributed by atoms with van der Waals surface area (Å²) in [7, 11) is 0. The Balaban J connectivity index is 1.60. The zero-order chi connectivity index (χ0) is 24.3. The zero-order valence-electron chi connectivity index (χ0n) is 19.2. The van der Waals surface area contributed by atoms with E-state index in [9.17, 15) is 18.0 Å². The molecule has 5 rings (SSSR count). The molecule has 4 heterocycles. The second-order valence-corrected chi connectivity index (χ2v) is 9.45. The largest absolute Gasteiger partial charge is 0.402 e. The maximum Gasteiger partial charge on any atom is 0.402 e. The predicted octanol–water partition coefficient (Wildman–Crippen LogP) is 4.28. The van der Waals surface area contributed by atoms with Crippen LogP contribution in [0.15, 0.2) is 30.5 Å². The molecule has 1 N–H and O–H groups in total. The number of aromatic nitrogens is 3. The molecule has 1 saturated heterocycles. The van der Waals surface area contributed by atoms with Crippen molar-refractivity contribution >= 4 is 22.6 Å². The Hall–Kier alpha value is -3.14. The number of anilines is 1. The number of carbonyl (C=O) groups excluding carboxylic acids is 1. The highest BCUT2D eigenvalue weighted by Gasteiger charge is 2.55. The maximum absolute atomic E-state index is 13.6. The molecular formula is C24H26F3N5O2. The number of fused-ring (bicyclic) bond motifs is 2. The number of morpholine rings is 1. The van der Waals surface area contributed by atoms with Gasteiger partial charge in [-0.25, -0.2) is 9.97 Å². The number of H-pyrrole nitrogens is 1. The van der Waals surface area contributed by atoms with Gasteiger partial charge in [-0.3, -0.25) is 4.79 Å². The number of para-hydroxylation sites is 1. The molecule has 34 heavy (non-hydrogen) atoms. The molecule has 7 nitrogen and oxygen atoms in total. The van der Waals surface area contributed by atoms with E-state index in [0.29, 0.717) is 42.7 Å². The van der Waals surface area contributed by atoms with Crippen LogP contribution < -0.4 is 4.90 Å². The normalized spacial score (nSPS) is 19.1. The standard InChI is InChI=1S/C24H26F3N5O2/c1-14-13-34-9-8-32(14)21-17-11-31(22(33)23(2,3)24(25,26)27)12-19(17)29-20(30-21)16-10-28-18-7-5-4-6-15(16)18/h4-7,10,14,28H,8-9,11-13H2,1-3H3/t14-/m1/s1. The molecule has 1 atom stereocenters. The fourth-order valence-electron chi connectivity index (χ4n) is 4.55. The maximum atomic E-state index is 13.6. The van der Waals surface area contributed by atoms with Crippen molar-refractivity contribution in [2.75, 3.05) is 24.7 Å². The third kappa shape index (κ3) is 3.60. The molecule has 0 radical (unpaired) electrons. The molecule has 1 amide bonds. The van der Waals surface area contributed by atoms with E-state index in [4.69, 9.17) is 14.7 Å². The zero-order valence-corrected chi connectivity index (χ0v) is 19.2. The first-order valence-electron chi connectivity index (χ1n) is 11.2. The van der Waals surface area contributed by atoms with Crippen molar-refractivity contribution in [3.05, 3.63) is 41.7 Å². The van der Waals surface area contributed by atoms with Crippen molar-refractivity contribution in [3.63, 3.8) is 0 Å². The average Bonchev–Trinajstić information content (AvgIpc) is 3.42. The fraction of sp³-hybridized carbons (Fsp3) is 0.458. The van der Waals surface area contributed by atoms with Crippen molar-refractivity contribution in [2.24, 2.45) is 5.41 Å². The van der Waals surface area contributed by atoms with Gasteiger partial charge in [0.05, 0.1) is 38.0 Å². The molecule has 1 fully saturated rings. The lowest BCUT2D eigenvalue weighted by molar-refractivity contribution is -0.217. The fourth-order valence-corrected chi connectivity index (χ4v) is 4.55. The summed E-state index contributed by atoms with van der Waals surface area (Å²) in [5, 5.41) is 0.951. The number of benzene rings is 1. The van der Waals surface area contributed by atoms with Gasteiger partial charge >= 0.3 is 6.18 Å². The molecule has 0 aliphatic carbocycles. The molecule has 1 aromatic carbocycles. The summed E-state index contributed by atoms with van der Waals surface area (Å²) in [6.07, 6.45) is -2.81. The minimum absolute atomic E-state index is 0.0112. The third-order valence-corrected chi connectivity index (χ3v) is 6.76. The van der Waals surface area contributed by atoms with Crippen molar-refractivity contribution in [2.45, 2.75) is 46.1 Å². The molecule has 180 valence electrons. The van der Waals surface area contributed by atoms with Crippen LogP contribution in [0.1, 0.15) is 32.0 Å². The van der Waals surface area contributed by atoms with E-state index < -0.39 is 17.5 Å². The van der Waals surface area contributed by atoms with Crippen LogP contribution in [-0.4, -0.2) is 57.7 Å². The van der Waals surface area contributed by atoms with E-state index in [1.54, 1.807) is 0 Å². The summed E-state index contributed by atoms with van der Waals surface area (Å²) in [5.74, 6) is 0.170. The minimum atomic E-state index is -4.65. The molecule has 0 spiro atoms. The van der Waals surface area contributed by atoms with Crippen LogP contribution in [0.3, 0.4) is 0 Å². The number of hydrogen-bond acceptors (Lipinski definition) is 5. The van der Waals surface area contributed by atoms with Crippen LogP contribution in [-0.2, 0) is 22.6 Å². The summed E-state index contributed by atoms with van der Waals surface area (Å²) in [6.45, 7) is 5.56. The molecule has 3 aromatic rings. The number of nitrogens with one attached hydrogen (secondary N) is 1. The van der Waals surface area contributed by atoms with Gasteiger partial charge in [-0.2, -0.15) is 13.2 Å². The predicted molar refractivity (Wildman–Crippen MR) is 121 cm³/mol. The summed E-state index contributed by atoms with van der Waals surface area (Å²) in [6, 6.07) is 7.81. The molecule has 2 aliphatic rings. The van der Waals surface area contributed by atoms with E-state index in [2.05, 4.69) is 9.88 Å². The Bertz CT molecular complexity index is 1250. The van der Waals surface area contributed by atoms with Crippen LogP contribution in [0.5, 0.6) is 0 Å². The lowest BCUT2D eigenvalue weighted by Crippen LogP contribution is -2.47. The van der Waals surface area contributed by atoms with Crippen molar-refractivity contribution in [3.8, 4) is 11.4 Å². The number of alkyl halides is 3. The quantitative estimate of drug-likeness (QED) is 0.615. The molecule has 0 saturated carbocycles. The summed E-state index contributed by atoms with van der Waals surface area (Å²) >= 11 is 0. The Morgan fingerprint density at radius 3 is 2.68 bits per heavy atom. The number of nitrogens with zero attached hydrogens (tertiary/aromatic N) is 4. The minimum Gasteiger partial charge on any atom is -0.377 e. The number of carbonyl (C=O) groups is 1. The smallest absolute Gasteiger partial charge is 0.377 e. The Kier molecular flexibility index (Phi) is 5.31. The van der Waals surface area contributed by atoms with Gasteiger partial charge < -0.3 is 19.5 Å². The lowest BCUT2D eigenvalue weighted by Gasteiger charge is -2.35. The number of amides is 1. The highest BCUT2D eigenvalue weighted by Crippen LogP contribution is 2.42. The second-order valence-electron chi connectivity index (χ2n) is 9.45. The van der Waals surface area contributed by atoms with Gasteiger partial charge in [0.1, 0.15) is 11.2 Å². The first-order valence-corrected chi connectivity index (χ1v) is 11.2. The van der Waals surface area contributed by atoms with Gasteiger partial charge in [-0.1, -0.05) is 18.2 Å². The molecule has 2 aromatic heterocycles. The van der Waals surface area contributed by atoms with Gasteiger partial charge in [-0.05, 0) is 26.8 Å². The number of halogens is 3. The molecular weight excluding hydrogens is 447 g/mol. The van der Waals surface area contributed by atoms with E-state index in [-0.39, 0.29) is 19.1 Å². The Labute approximate surface area is 194 Å². The lowest BCUT2D eigenvalue weighted by atomic mass is 9.91. The molecule has 2 aliphatic heterocycles. The van der Waals surface area contributed by atoms with E-state index in [0.717, 1.165) is 30.3 Å². The van der Waals surface area contributed by atoms with Crippen molar-refractivity contribution < 1.29 is 22.7 Å². The molecule has 10 heteroatoms. The first-order chi connectivity index (χ1) is 16.1. The van der Waals surface area contributed by atoms with Crippen molar-refractivity contribution in [1.29, 1.82) is 0 Å². The number of ether oxygens (including phenoxy) is 1. The van der Waals surface area contributed by atoms with E-state index in [1.807, 2.05) is 37.4 Å². The monoisotopic (exact) mass is 473 g/mol. The summed E-state index contributed by atoms with van der Waals surface area (Å²) < 4.78 is 46.3.